The summed E-state index contributed by atoms with van der Waals surface area (Å²) >= 11 is 0. The van der Waals surface area contributed by atoms with Gasteiger partial charge in [-0.2, -0.15) is 0 Å². The van der Waals surface area contributed by atoms with E-state index in [1.54, 1.807) is 13.0 Å². The number of carbonyl (C=O) groups excluding carboxylic acids is 1. The first-order valence-electron chi connectivity index (χ1n) is 13.5. The third kappa shape index (κ3) is 12.6. The van der Waals surface area contributed by atoms with Gasteiger partial charge in [-0.05, 0) is 46.6 Å². The number of aliphatic hydroxyl groups is 1. The second kappa shape index (κ2) is 16.0. The topological polar surface area (TPSA) is 91.9 Å². The Hall–Kier alpha value is -3.39. The highest BCUT2D eigenvalue weighted by molar-refractivity contribution is 5.70. The molecular weight excluding hydrogens is 502 g/mol. The zero-order chi connectivity index (χ0) is 30.5. The fourth-order valence-electron chi connectivity index (χ4n) is 3.44. The minimum absolute atomic E-state index is 0.0280. The summed E-state index contributed by atoms with van der Waals surface area (Å²) in [4.78, 5) is 11.6. The van der Waals surface area contributed by atoms with E-state index in [0.29, 0.717) is 0 Å². The lowest BCUT2D eigenvalue weighted by atomic mass is 9.86. The van der Waals surface area contributed by atoms with E-state index in [0.717, 1.165) is 16.7 Å². The molecule has 1 fully saturated rings. The molecular formula is C33H49N3O4. The molecule has 1 saturated heterocycles. The standard InChI is InChI=1S/C33H49N3O4/c1-12-25(33(9,10)11)16-15-17-28-34-29(21-26(37)20-27(13-2)40-22-30(38)39-14-3)36-31(35-28)23(4)18-19-24(5)32(6,7)8/h12-13,15-21,28-29,31,34-37H,1-2,4-5,14,22H2,3,6-11H3/b17-15+,19-18-,25-16+,26-21-,27-20+. The monoisotopic (exact) mass is 551 g/mol. The Balaban J connectivity index is 3.21. The number of hydrogen-bond acceptors (Lipinski definition) is 7. The molecule has 4 N–H and O–H groups in total. The molecule has 7 heteroatoms. The average Bonchev–Trinajstić information content (AvgIpc) is 2.86. The van der Waals surface area contributed by atoms with E-state index in [4.69, 9.17) is 9.47 Å². The van der Waals surface area contributed by atoms with E-state index in [2.05, 4.69) is 83.8 Å². The Morgan fingerprint density at radius 1 is 0.925 bits per heavy atom. The van der Waals surface area contributed by atoms with Crippen LogP contribution in [0.15, 0.2) is 109 Å². The molecule has 7 nitrogen and oxygen atoms in total. The van der Waals surface area contributed by atoms with Gasteiger partial charge in [0.2, 0.25) is 0 Å². The molecule has 0 saturated carbocycles. The van der Waals surface area contributed by atoms with Gasteiger partial charge in [0.25, 0.3) is 0 Å². The fourth-order valence-corrected chi connectivity index (χ4v) is 3.44. The summed E-state index contributed by atoms with van der Waals surface area (Å²) in [6.07, 6.45) is 15.2. The minimum Gasteiger partial charge on any atom is -0.508 e. The van der Waals surface area contributed by atoms with Crippen molar-refractivity contribution < 1.29 is 19.4 Å². The molecule has 1 aliphatic heterocycles. The number of rotatable bonds is 13. The zero-order valence-electron chi connectivity index (χ0n) is 25.3. The van der Waals surface area contributed by atoms with E-state index in [-0.39, 0.29) is 47.9 Å². The van der Waals surface area contributed by atoms with Crippen LogP contribution in [0.3, 0.4) is 0 Å². The number of hydrogen-bond donors (Lipinski definition) is 4. The fraction of sp³-hybridized carbons (Fsp3) is 0.424. The van der Waals surface area contributed by atoms with Crippen molar-refractivity contribution in [1.82, 2.24) is 16.0 Å². The van der Waals surface area contributed by atoms with Crippen molar-refractivity contribution in [1.29, 1.82) is 0 Å². The predicted molar refractivity (Wildman–Crippen MR) is 166 cm³/mol. The molecule has 0 spiro atoms. The number of nitrogens with one attached hydrogen (secondary N) is 3. The molecule has 0 bridgehead atoms. The van der Waals surface area contributed by atoms with Gasteiger partial charge in [0.1, 0.15) is 11.5 Å². The maximum Gasteiger partial charge on any atom is 0.344 e. The molecule has 0 aromatic heterocycles. The maximum atomic E-state index is 11.6. The van der Waals surface area contributed by atoms with Gasteiger partial charge in [-0.15, -0.1) is 0 Å². The van der Waals surface area contributed by atoms with Crippen LogP contribution in [0, 0.1) is 10.8 Å². The molecule has 0 aromatic carbocycles. The highest BCUT2D eigenvalue weighted by atomic mass is 16.6. The Morgan fingerprint density at radius 3 is 2.12 bits per heavy atom. The molecule has 220 valence electrons. The molecule has 3 unspecified atom stereocenters. The van der Waals surface area contributed by atoms with Crippen molar-refractivity contribution in [3.8, 4) is 0 Å². The van der Waals surface area contributed by atoms with Crippen LogP contribution >= 0.6 is 0 Å². The highest BCUT2D eigenvalue weighted by Gasteiger charge is 2.26. The van der Waals surface area contributed by atoms with Crippen LogP contribution < -0.4 is 16.0 Å². The summed E-state index contributed by atoms with van der Waals surface area (Å²) in [6.45, 7) is 30.5. The molecule has 3 atom stereocenters. The second-order valence-corrected chi connectivity index (χ2v) is 11.5. The minimum atomic E-state index is -0.501. The summed E-state index contributed by atoms with van der Waals surface area (Å²) in [5, 5.41) is 20.9. The van der Waals surface area contributed by atoms with Gasteiger partial charge < -0.3 is 14.6 Å². The SMILES string of the molecule is C=C/C(=C\C(O)=C\C1NC(/C=C/C=C(\C=C)C(C)(C)C)NC(C(=C)/C=C\C(=C)C(C)(C)C)N1)OCC(=O)OCC. The summed E-state index contributed by atoms with van der Waals surface area (Å²) in [7, 11) is 0. The van der Waals surface area contributed by atoms with Gasteiger partial charge in [0, 0.05) is 6.08 Å². The summed E-state index contributed by atoms with van der Waals surface area (Å²) in [6, 6.07) is 0. The Labute approximate surface area is 241 Å². The van der Waals surface area contributed by atoms with E-state index in [1.807, 2.05) is 36.5 Å². The maximum absolute atomic E-state index is 11.6. The van der Waals surface area contributed by atoms with E-state index in [9.17, 15) is 9.90 Å². The van der Waals surface area contributed by atoms with Crippen molar-refractivity contribution in [2.75, 3.05) is 13.2 Å². The van der Waals surface area contributed by atoms with Crippen LogP contribution in [0.25, 0.3) is 0 Å². The van der Waals surface area contributed by atoms with Gasteiger partial charge in [-0.1, -0.05) is 104 Å². The molecule has 0 amide bonds. The molecule has 1 aliphatic rings. The molecule has 0 aliphatic carbocycles. The van der Waals surface area contributed by atoms with Crippen LogP contribution in [-0.4, -0.2) is 42.8 Å². The Bertz CT molecular complexity index is 1080. The van der Waals surface area contributed by atoms with Gasteiger partial charge in [0.05, 0.1) is 25.1 Å². The number of allylic oxidation sites excluding steroid dienone is 8. The molecule has 0 radical (unpaired) electrons. The van der Waals surface area contributed by atoms with Crippen molar-refractivity contribution in [3.63, 3.8) is 0 Å². The van der Waals surface area contributed by atoms with Gasteiger partial charge in [-0.25, -0.2) is 4.79 Å². The number of carbonyl (C=O) groups is 1. The number of esters is 1. The normalized spacial score (nSPS) is 21.4. The lowest BCUT2D eigenvalue weighted by Gasteiger charge is -2.37. The van der Waals surface area contributed by atoms with Crippen molar-refractivity contribution in [2.24, 2.45) is 10.8 Å². The summed E-state index contributed by atoms with van der Waals surface area (Å²) in [5.41, 5.74) is 2.82. The second-order valence-electron chi connectivity index (χ2n) is 11.5. The predicted octanol–water partition coefficient (Wildman–Crippen LogP) is 6.27. The lowest BCUT2D eigenvalue weighted by molar-refractivity contribution is -0.146. The van der Waals surface area contributed by atoms with Crippen LogP contribution in [0.1, 0.15) is 48.5 Å². The van der Waals surface area contributed by atoms with Gasteiger partial charge in [-0.3, -0.25) is 16.0 Å². The van der Waals surface area contributed by atoms with Crippen molar-refractivity contribution in [2.45, 2.75) is 67.0 Å². The van der Waals surface area contributed by atoms with Crippen molar-refractivity contribution in [3.05, 3.63) is 109 Å². The smallest absolute Gasteiger partial charge is 0.344 e. The molecule has 0 aromatic rings. The molecule has 1 rings (SSSR count). The first-order chi connectivity index (χ1) is 18.6. The first-order valence-corrected chi connectivity index (χ1v) is 13.5. The van der Waals surface area contributed by atoms with Gasteiger partial charge >= 0.3 is 5.97 Å². The van der Waals surface area contributed by atoms with Crippen LogP contribution in [-0.2, 0) is 14.3 Å². The van der Waals surface area contributed by atoms with E-state index < -0.39 is 12.1 Å². The zero-order valence-corrected chi connectivity index (χ0v) is 25.3. The summed E-state index contributed by atoms with van der Waals surface area (Å²) in [5.74, 6) is -0.337. The van der Waals surface area contributed by atoms with Crippen LogP contribution in [0.5, 0.6) is 0 Å². The largest absolute Gasteiger partial charge is 0.508 e. The third-order valence-electron chi connectivity index (χ3n) is 6.04. The van der Waals surface area contributed by atoms with Crippen LogP contribution in [0.2, 0.25) is 0 Å². The molecule has 40 heavy (non-hydrogen) atoms. The Kier molecular flexibility index (Phi) is 13.9. The van der Waals surface area contributed by atoms with E-state index in [1.165, 1.54) is 12.2 Å². The van der Waals surface area contributed by atoms with Gasteiger partial charge in [0.15, 0.2) is 6.61 Å². The van der Waals surface area contributed by atoms with Crippen LogP contribution in [0.4, 0.5) is 0 Å². The van der Waals surface area contributed by atoms with Crippen molar-refractivity contribution >= 4 is 5.97 Å². The third-order valence-corrected chi connectivity index (χ3v) is 6.04. The van der Waals surface area contributed by atoms with E-state index >= 15 is 0 Å². The lowest BCUT2D eigenvalue weighted by Crippen LogP contribution is -2.66. The average molecular weight is 552 g/mol. The first kappa shape index (κ1) is 34.6. The highest BCUT2D eigenvalue weighted by Crippen LogP contribution is 2.26. The Morgan fingerprint density at radius 2 is 1.57 bits per heavy atom. The number of ether oxygens (including phenoxy) is 2. The molecule has 1 heterocycles. The number of aliphatic hydroxyl groups excluding tert-OH is 1. The quantitative estimate of drug-likeness (QED) is 0.122. The summed E-state index contributed by atoms with van der Waals surface area (Å²) < 4.78 is 10.3.